The van der Waals surface area contributed by atoms with Gasteiger partial charge in [-0.3, -0.25) is 4.90 Å². The van der Waals surface area contributed by atoms with E-state index < -0.39 is 0 Å². The third-order valence-corrected chi connectivity index (χ3v) is 5.12. The number of ether oxygens (including phenoxy) is 2. The van der Waals surface area contributed by atoms with Crippen LogP contribution >= 0.6 is 0 Å². The molecule has 2 aliphatic heterocycles. The quantitative estimate of drug-likeness (QED) is 0.895. The lowest BCUT2D eigenvalue weighted by atomic mass is 10.2. The molecule has 1 aromatic carbocycles. The molecule has 0 spiro atoms. The van der Waals surface area contributed by atoms with Gasteiger partial charge in [-0.1, -0.05) is 6.07 Å². The molecule has 7 nitrogen and oxygen atoms in total. The minimum Gasteiger partial charge on any atom is -0.447 e. The molecule has 7 heteroatoms. The van der Waals surface area contributed by atoms with Crippen molar-refractivity contribution in [3.05, 3.63) is 24.3 Å². The molecular weight excluding hydrogens is 322 g/mol. The van der Waals surface area contributed by atoms with Gasteiger partial charge >= 0.3 is 12.1 Å². The second-order valence-electron chi connectivity index (χ2n) is 6.70. The zero-order chi connectivity index (χ0) is 17.2. The largest absolute Gasteiger partial charge is 0.447 e. The molecule has 3 aliphatic rings. The molecule has 3 fully saturated rings. The first-order chi connectivity index (χ1) is 12.2. The summed E-state index contributed by atoms with van der Waals surface area (Å²) in [7, 11) is 0. The molecule has 4 rings (SSSR count). The predicted octanol–water partition coefficient (Wildman–Crippen LogP) is 2.82. The molecule has 2 saturated heterocycles. The maximum atomic E-state index is 12.8. The first kappa shape index (κ1) is 16.2. The molecule has 0 unspecified atom stereocenters. The molecule has 3 amide bonds. The Morgan fingerprint density at radius 2 is 2.08 bits per heavy atom. The van der Waals surface area contributed by atoms with Gasteiger partial charge in [0.2, 0.25) is 0 Å². The van der Waals surface area contributed by atoms with Crippen LogP contribution in [0.2, 0.25) is 0 Å². The van der Waals surface area contributed by atoms with Crippen molar-refractivity contribution in [2.24, 2.45) is 0 Å². The number of nitrogens with one attached hydrogen (secondary N) is 1. The van der Waals surface area contributed by atoms with Gasteiger partial charge in [-0.15, -0.1) is 0 Å². The summed E-state index contributed by atoms with van der Waals surface area (Å²) in [4.78, 5) is 28.0. The molecule has 0 radical (unpaired) electrons. The Kier molecular flexibility index (Phi) is 4.48. The van der Waals surface area contributed by atoms with Gasteiger partial charge in [0.15, 0.2) is 0 Å². The summed E-state index contributed by atoms with van der Waals surface area (Å²) in [6.45, 7) is 2.36. The number of urea groups is 1. The lowest BCUT2D eigenvalue weighted by molar-refractivity contribution is 0.0413. The zero-order valence-electron chi connectivity index (χ0n) is 14.1. The monoisotopic (exact) mass is 345 g/mol. The molecule has 2 heterocycles. The zero-order valence-corrected chi connectivity index (χ0v) is 14.1. The fourth-order valence-electron chi connectivity index (χ4n) is 3.92. The van der Waals surface area contributed by atoms with Gasteiger partial charge in [-0.05, 0) is 43.9 Å². The number of hydrogen-bond donors (Lipinski definition) is 1. The molecule has 1 aromatic rings. The summed E-state index contributed by atoms with van der Waals surface area (Å²) >= 11 is 0. The highest BCUT2D eigenvalue weighted by Gasteiger charge is 2.37. The van der Waals surface area contributed by atoms with Crippen LogP contribution in [0, 0.1) is 0 Å². The van der Waals surface area contributed by atoms with Gasteiger partial charge in [-0.25, -0.2) is 9.59 Å². The van der Waals surface area contributed by atoms with Gasteiger partial charge < -0.3 is 19.7 Å². The van der Waals surface area contributed by atoms with E-state index in [4.69, 9.17) is 9.47 Å². The Morgan fingerprint density at radius 1 is 1.16 bits per heavy atom. The van der Waals surface area contributed by atoms with E-state index in [-0.39, 0.29) is 24.3 Å². The van der Waals surface area contributed by atoms with Crippen molar-refractivity contribution in [2.45, 2.75) is 37.8 Å². The molecule has 25 heavy (non-hydrogen) atoms. The second kappa shape index (κ2) is 6.92. The van der Waals surface area contributed by atoms with Crippen LogP contribution in [0.15, 0.2) is 24.3 Å². The van der Waals surface area contributed by atoms with Crippen molar-refractivity contribution in [1.82, 2.24) is 4.90 Å². The van der Waals surface area contributed by atoms with Crippen molar-refractivity contribution in [3.63, 3.8) is 0 Å². The lowest BCUT2D eigenvalue weighted by Crippen LogP contribution is -2.45. The summed E-state index contributed by atoms with van der Waals surface area (Å²) in [6, 6.07) is 7.40. The molecule has 1 aliphatic carbocycles. The standard InChI is InChI=1S/C18H23N3O4/c22-17(21-8-3-10-24-16-7-2-6-15(16)21)19-13-4-1-5-14(12-13)20-9-11-25-18(20)23/h1,4-5,12,15-16H,2-3,6-11H2,(H,19,22)/t15-,16-/m0/s1. The van der Waals surface area contributed by atoms with Crippen LogP contribution in [-0.2, 0) is 9.47 Å². The fourth-order valence-corrected chi connectivity index (χ4v) is 3.92. The summed E-state index contributed by atoms with van der Waals surface area (Å²) in [5.41, 5.74) is 1.42. The van der Waals surface area contributed by atoms with E-state index >= 15 is 0 Å². The third kappa shape index (κ3) is 3.28. The van der Waals surface area contributed by atoms with Gasteiger partial charge in [-0.2, -0.15) is 0 Å². The molecule has 1 N–H and O–H groups in total. The normalized spacial score (nSPS) is 26.2. The highest BCUT2D eigenvalue weighted by molar-refractivity contribution is 5.93. The van der Waals surface area contributed by atoms with Crippen LogP contribution < -0.4 is 10.2 Å². The Hall–Kier alpha value is -2.28. The number of carbonyl (C=O) groups excluding carboxylic acids is 2. The number of cyclic esters (lactones) is 1. The smallest absolute Gasteiger partial charge is 0.414 e. The first-order valence-electron chi connectivity index (χ1n) is 8.96. The SMILES string of the molecule is O=C1OCCN1c1cccc(NC(=O)N2CCCO[C@H]3CCC[C@@H]32)c1. The molecule has 134 valence electrons. The van der Waals surface area contributed by atoms with Crippen molar-refractivity contribution >= 4 is 23.5 Å². The van der Waals surface area contributed by atoms with E-state index in [0.717, 1.165) is 38.0 Å². The first-order valence-corrected chi connectivity index (χ1v) is 8.96. The number of nitrogens with zero attached hydrogens (tertiary/aromatic N) is 2. The van der Waals surface area contributed by atoms with Crippen LogP contribution in [-0.4, -0.2) is 55.5 Å². The average molecular weight is 345 g/mol. The highest BCUT2D eigenvalue weighted by Crippen LogP contribution is 2.30. The van der Waals surface area contributed by atoms with Crippen LogP contribution in [0.4, 0.5) is 21.0 Å². The van der Waals surface area contributed by atoms with Crippen LogP contribution in [0.25, 0.3) is 0 Å². The topological polar surface area (TPSA) is 71.1 Å². The highest BCUT2D eigenvalue weighted by atomic mass is 16.6. The van der Waals surface area contributed by atoms with Crippen molar-refractivity contribution in [3.8, 4) is 0 Å². The second-order valence-corrected chi connectivity index (χ2v) is 6.70. The summed E-state index contributed by atoms with van der Waals surface area (Å²) in [6.07, 6.45) is 3.81. The van der Waals surface area contributed by atoms with E-state index in [9.17, 15) is 9.59 Å². The van der Waals surface area contributed by atoms with Gasteiger partial charge in [0.25, 0.3) is 0 Å². The summed E-state index contributed by atoms with van der Waals surface area (Å²) in [5.74, 6) is 0. The minimum absolute atomic E-state index is 0.0939. The van der Waals surface area contributed by atoms with Crippen molar-refractivity contribution in [2.75, 3.05) is 36.5 Å². The average Bonchev–Trinajstić information content (AvgIpc) is 3.20. The number of amides is 3. The summed E-state index contributed by atoms with van der Waals surface area (Å²) < 4.78 is 10.9. The van der Waals surface area contributed by atoms with Gasteiger partial charge in [0, 0.05) is 24.5 Å². The Bertz CT molecular complexity index is 665. The number of carbonyl (C=O) groups is 2. The molecular formula is C18H23N3O4. The maximum Gasteiger partial charge on any atom is 0.414 e. The predicted molar refractivity (Wildman–Crippen MR) is 92.9 cm³/mol. The fraction of sp³-hybridized carbons (Fsp3) is 0.556. The Labute approximate surface area is 146 Å². The van der Waals surface area contributed by atoms with E-state index in [1.54, 1.807) is 4.90 Å². The van der Waals surface area contributed by atoms with Gasteiger partial charge in [0.1, 0.15) is 6.61 Å². The molecule has 0 bridgehead atoms. The number of benzene rings is 1. The maximum absolute atomic E-state index is 12.8. The molecule has 2 atom stereocenters. The lowest BCUT2D eigenvalue weighted by Gasteiger charge is -2.30. The van der Waals surface area contributed by atoms with E-state index in [0.29, 0.717) is 25.4 Å². The van der Waals surface area contributed by atoms with Crippen LogP contribution in [0.1, 0.15) is 25.7 Å². The third-order valence-electron chi connectivity index (χ3n) is 5.12. The number of fused-ring (bicyclic) bond motifs is 1. The number of hydrogen-bond acceptors (Lipinski definition) is 4. The van der Waals surface area contributed by atoms with E-state index in [1.807, 2.05) is 29.2 Å². The van der Waals surface area contributed by atoms with Crippen molar-refractivity contribution < 1.29 is 19.1 Å². The van der Waals surface area contributed by atoms with Crippen LogP contribution in [0.3, 0.4) is 0 Å². The number of anilines is 2. The van der Waals surface area contributed by atoms with Crippen molar-refractivity contribution in [1.29, 1.82) is 0 Å². The summed E-state index contributed by atoms with van der Waals surface area (Å²) in [5, 5.41) is 2.98. The van der Waals surface area contributed by atoms with E-state index in [1.165, 1.54) is 0 Å². The molecule has 1 saturated carbocycles. The Balaban J connectivity index is 1.47. The van der Waals surface area contributed by atoms with Crippen LogP contribution in [0.5, 0.6) is 0 Å². The van der Waals surface area contributed by atoms with E-state index in [2.05, 4.69) is 5.32 Å². The Morgan fingerprint density at radius 3 is 2.92 bits per heavy atom. The minimum atomic E-state index is -0.345. The molecule has 0 aromatic heterocycles. The van der Waals surface area contributed by atoms with Gasteiger partial charge in [0.05, 0.1) is 18.7 Å². The number of rotatable bonds is 2.